The van der Waals surface area contributed by atoms with Crippen molar-refractivity contribution >= 4 is 17.6 Å². The number of nitrogens with one attached hydrogen (secondary N) is 1. The predicted octanol–water partition coefficient (Wildman–Crippen LogP) is 2.64. The normalized spacial score (nSPS) is 15.9. The Balaban J connectivity index is 1.99. The van der Waals surface area contributed by atoms with E-state index in [0.29, 0.717) is 5.69 Å². The van der Waals surface area contributed by atoms with E-state index in [0.717, 1.165) is 18.9 Å². The standard InChI is InChI=1S/C13H19N3O2/c1-18-13(17)15-11-6-7-12(14-10-11)16-8-4-2-3-5-9-16/h6-7,10H,2-5,8-9H2,1H3,(H,15,17). The van der Waals surface area contributed by atoms with Crippen LogP contribution in [-0.4, -0.2) is 31.3 Å². The van der Waals surface area contributed by atoms with Gasteiger partial charge < -0.3 is 9.64 Å². The van der Waals surface area contributed by atoms with Crippen molar-refractivity contribution < 1.29 is 9.53 Å². The van der Waals surface area contributed by atoms with Gasteiger partial charge in [-0.3, -0.25) is 5.32 Å². The van der Waals surface area contributed by atoms with Gasteiger partial charge in [-0.1, -0.05) is 12.8 Å². The number of aromatic nitrogens is 1. The van der Waals surface area contributed by atoms with E-state index < -0.39 is 6.09 Å². The van der Waals surface area contributed by atoms with Gasteiger partial charge in [0.2, 0.25) is 0 Å². The number of nitrogens with zero attached hydrogens (tertiary/aromatic N) is 2. The SMILES string of the molecule is COC(=O)Nc1ccc(N2CCCCCC2)nc1. The highest BCUT2D eigenvalue weighted by molar-refractivity contribution is 5.84. The molecule has 1 aliphatic heterocycles. The molecule has 1 aromatic rings. The van der Waals surface area contributed by atoms with Gasteiger partial charge in [-0.2, -0.15) is 0 Å². The number of ether oxygens (including phenoxy) is 1. The summed E-state index contributed by atoms with van der Waals surface area (Å²) in [5.74, 6) is 0.979. The molecule has 0 bridgehead atoms. The van der Waals surface area contributed by atoms with Gasteiger partial charge >= 0.3 is 6.09 Å². The highest BCUT2D eigenvalue weighted by Gasteiger charge is 2.11. The molecule has 0 unspecified atom stereocenters. The van der Waals surface area contributed by atoms with Crippen LogP contribution < -0.4 is 10.2 Å². The third-order valence-electron chi connectivity index (χ3n) is 3.11. The molecule has 1 aliphatic rings. The fraction of sp³-hybridized carbons (Fsp3) is 0.538. The summed E-state index contributed by atoms with van der Waals surface area (Å²) < 4.78 is 4.53. The second kappa shape index (κ2) is 6.23. The molecule has 2 heterocycles. The molecule has 0 aliphatic carbocycles. The maximum atomic E-state index is 11.0. The molecule has 98 valence electrons. The van der Waals surface area contributed by atoms with Crippen LogP contribution >= 0.6 is 0 Å². The van der Waals surface area contributed by atoms with Gasteiger partial charge in [0, 0.05) is 13.1 Å². The van der Waals surface area contributed by atoms with Crippen molar-refractivity contribution in [2.24, 2.45) is 0 Å². The number of anilines is 2. The van der Waals surface area contributed by atoms with Crippen LogP contribution in [0.25, 0.3) is 0 Å². The molecule has 1 fully saturated rings. The van der Waals surface area contributed by atoms with Gasteiger partial charge in [-0.15, -0.1) is 0 Å². The Morgan fingerprint density at radius 2 is 2.00 bits per heavy atom. The third-order valence-corrected chi connectivity index (χ3v) is 3.11. The number of rotatable bonds is 2. The molecule has 0 radical (unpaired) electrons. The first-order valence-electron chi connectivity index (χ1n) is 6.35. The van der Waals surface area contributed by atoms with Crippen molar-refractivity contribution in [2.45, 2.75) is 25.7 Å². The van der Waals surface area contributed by atoms with Crippen molar-refractivity contribution in [3.8, 4) is 0 Å². The lowest BCUT2D eigenvalue weighted by molar-refractivity contribution is 0.187. The second-order valence-electron chi connectivity index (χ2n) is 4.42. The third kappa shape index (κ3) is 3.35. The molecule has 1 aromatic heterocycles. The number of hydrogen-bond donors (Lipinski definition) is 1. The average molecular weight is 249 g/mol. The van der Waals surface area contributed by atoms with Gasteiger partial charge in [0.25, 0.3) is 0 Å². The number of hydrogen-bond acceptors (Lipinski definition) is 4. The first kappa shape index (κ1) is 12.7. The predicted molar refractivity (Wildman–Crippen MR) is 70.9 cm³/mol. The van der Waals surface area contributed by atoms with Crippen LogP contribution in [0, 0.1) is 0 Å². The molecule has 0 saturated carbocycles. The Morgan fingerprint density at radius 3 is 2.56 bits per heavy atom. The highest BCUT2D eigenvalue weighted by atomic mass is 16.5. The quantitative estimate of drug-likeness (QED) is 0.875. The van der Waals surface area contributed by atoms with Crippen LogP contribution in [0.15, 0.2) is 18.3 Å². The molecule has 1 saturated heterocycles. The smallest absolute Gasteiger partial charge is 0.411 e. The summed E-state index contributed by atoms with van der Waals surface area (Å²) in [7, 11) is 1.34. The first-order valence-corrected chi connectivity index (χ1v) is 6.35. The summed E-state index contributed by atoms with van der Waals surface area (Å²) in [5, 5.41) is 2.59. The summed E-state index contributed by atoms with van der Waals surface area (Å²) >= 11 is 0. The molecular weight excluding hydrogens is 230 g/mol. The van der Waals surface area contributed by atoms with E-state index in [2.05, 4.69) is 19.9 Å². The maximum absolute atomic E-state index is 11.0. The summed E-state index contributed by atoms with van der Waals surface area (Å²) in [6.07, 6.45) is 6.25. The van der Waals surface area contributed by atoms with Gasteiger partial charge in [0.1, 0.15) is 5.82 Å². The number of methoxy groups -OCH3 is 1. The van der Waals surface area contributed by atoms with Gasteiger partial charge in [0.15, 0.2) is 0 Å². The lowest BCUT2D eigenvalue weighted by Crippen LogP contribution is -2.24. The van der Waals surface area contributed by atoms with Crippen molar-refractivity contribution in [3.05, 3.63) is 18.3 Å². The fourth-order valence-corrected chi connectivity index (χ4v) is 2.12. The number of pyridine rings is 1. The number of carbonyl (C=O) groups is 1. The lowest BCUT2D eigenvalue weighted by Gasteiger charge is -2.21. The van der Waals surface area contributed by atoms with Gasteiger partial charge in [-0.25, -0.2) is 9.78 Å². The van der Waals surface area contributed by atoms with E-state index in [9.17, 15) is 4.79 Å². The topological polar surface area (TPSA) is 54.5 Å². The molecule has 5 heteroatoms. The van der Waals surface area contributed by atoms with Crippen LogP contribution in [0.5, 0.6) is 0 Å². The molecule has 18 heavy (non-hydrogen) atoms. The van der Waals surface area contributed by atoms with Crippen molar-refractivity contribution in [1.29, 1.82) is 0 Å². The Morgan fingerprint density at radius 1 is 1.28 bits per heavy atom. The zero-order valence-electron chi connectivity index (χ0n) is 10.7. The average Bonchev–Trinajstić information content (AvgIpc) is 2.68. The minimum atomic E-state index is -0.473. The Hall–Kier alpha value is -1.78. The van der Waals surface area contributed by atoms with Crippen molar-refractivity contribution in [2.75, 3.05) is 30.4 Å². The van der Waals surface area contributed by atoms with Gasteiger partial charge in [-0.05, 0) is 25.0 Å². The van der Waals surface area contributed by atoms with Crippen molar-refractivity contribution in [1.82, 2.24) is 4.98 Å². The molecule has 0 atom stereocenters. The summed E-state index contributed by atoms with van der Waals surface area (Å²) in [4.78, 5) is 17.7. The fourth-order valence-electron chi connectivity index (χ4n) is 2.12. The molecule has 1 N–H and O–H groups in total. The van der Waals surface area contributed by atoms with E-state index >= 15 is 0 Å². The van der Waals surface area contributed by atoms with E-state index in [-0.39, 0.29) is 0 Å². The Bertz CT molecular complexity index is 384. The first-order chi connectivity index (χ1) is 8.79. The molecule has 5 nitrogen and oxygen atoms in total. The zero-order valence-corrected chi connectivity index (χ0v) is 10.7. The van der Waals surface area contributed by atoms with E-state index in [1.807, 2.05) is 12.1 Å². The lowest BCUT2D eigenvalue weighted by atomic mass is 10.2. The summed E-state index contributed by atoms with van der Waals surface area (Å²) in [6.45, 7) is 2.13. The van der Waals surface area contributed by atoms with Crippen LogP contribution in [0.4, 0.5) is 16.3 Å². The van der Waals surface area contributed by atoms with Crippen LogP contribution in [0.2, 0.25) is 0 Å². The van der Waals surface area contributed by atoms with E-state index in [4.69, 9.17) is 0 Å². The van der Waals surface area contributed by atoms with Crippen LogP contribution in [0.3, 0.4) is 0 Å². The van der Waals surface area contributed by atoms with Gasteiger partial charge in [0.05, 0.1) is 19.0 Å². The summed E-state index contributed by atoms with van der Waals surface area (Å²) in [6, 6.07) is 3.79. The van der Waals surface area contributed by atoms with E-state index in [1.54, 1.807) is 6.20 Å². The Kier molecular flexibility index (Phi) is 4.39. The second-order valence-corrected chi connectivity index (χ2v) is 4.42. The molecular formula is C13H19N3O2. The number of amides is 1. The van der Waals surface area contributed by atoms with E-state index in [1.165, 1.54) is 32.8 Å². The minimum absolute atomic E-state index is 0.473. The molecule has 1 amide bonds. The van der Waals surface area contributed by atoms with Crippen LogP contribution in [-0.2, 0) is 4.74 Å². The minimum Gasteiger partial charge on any atom is -0.453 e. The highest BCUT2D eigenvalue weighted by Crippen LogP contribution is 2.18. The Labute approximate surface area is 107 Å². The van der Waals surface area contributed by atoms with Crippen LogP contribution in [0.1, 0.15) is 25.7 Å². The largest absolute Gasteiger partial charge is 0.453 e. The molecule has 0 spiro atoms. The zero-order chi connectivity index (χ0) is 12.8. The van der Waals surface area contributed by atoms with Crippen molar-refractivity contribution in [3.63, 3.8) is 0 Å². The monoisotopic (exact) mass is 249 g/mol. The molecule has 2 rings (SSSR count). The molecule has 0 aromatic carbocycles. The summed E-state index contributed by atoms with van der Waals surface area (Å²) in [5.41, 5.74) is 0.653. The maximum Gasteiger partial charge on any atom is 0.411 e. The number of carbonyl (C=O) groups excluding carboxylic acids is 1.